The van der Waals surface area contributed by atoms with Gasteiger partial charge in [-0.1, -0.05) is 0 Å². The zero-order valence-corrected chi connectivity index (χ0v) is 27.8. The van der Waals surface area contributed by atoms with E-state index in [1.165, 1.54) is 5.76 Å². The Hall–Kier alpha value is 0.430. The summed E-state index contributed by atoms with van der Waals surface area (Å²) in [4.78, 5) is 0. The molecular formula is C23H48GeOSi4. The van der Waals surface area contributed by atoms with Gasteiger partial charge < -0.3 is 0 Å². The average Bonchev–Trinajstić information content (AvgIpc) is 2.76. The average molecular weight is 526 g/mol. The molecule has 0 aromatic carbocycles. The zero-order chi connectivity index (χ0) is 22.6. The van der Waals surface area contributed by atoms with Crippen molar-refractivity contribution in [3.63, 3.8) is 0 Å². The van der Waals surface area contributed by atoms with Crippen molar-refractivity contribution in [2.24, 2.45) is 0 Å². The molecule has 0 aromatic rings. The normalized spacial score (nSPS) is 22.5. The molecule has 1 aliphatic carbocycles. The molecule has 166 valence electrons. The standard InChI is InChI=1S/C23H48GeOSi4/c1-14-21-19-17-15-16-18-20(19)24(25-21,22(26(2,3)4)27(5,6)7)23(28(8,9)10)29(11,12)13/h15-18,20,22-23H,14H2,1-13H3. The Bertz CT molecular complexity index is 651. The molecular weight excluding hydrogens is 477 g/mol. The van der Waals surface area contributed by atoms with Gasteiger partial charge in [-0.15, -0.1) is 0 Å². The number of hydrogen-bond donors (Lipinski definition) is 0. The first kappa shape index (κ1) is 25.7. The molecule has 0 saturated heterocycles. The second-order valence-electron chi connectivity index (χ2n) is 13.7. The summed E-state index contributed by atoms with van der Waals surface area (Å²) in [5.74, 6) is 1.37. The van der Waals surface area contributed by atoms with Crippen LogP contribution in [0.4, 0.5) is 0 Å². The Kier molecular flexibility index (Phi) is 7.16. The van der Waals surface area contributed by atoms with Gasteiger partial charge in [0.15, 0.2) is 0 Å². The van der Waals surface area contributed by atoms with Crippen LogP contribution in [0.25, 0.3) is 0 Å². The topological polar surface area (TPSA) is 9.23 Å². The van der Waals surface area contributed by atoms with Crippen LogP contribution in [0.5, 0.6) is 0 Å². The molecule has 1 aliphatic heterocycles. The maximum atomic E-state index is 7.68. The Balaban J connectivity index is 2.95. The van der Waals surface area contributed by atoms with Crippen molar-refractivity contribution in [3.8, 4) is 0 Å². The summed E-state index contributed by atoms with van der Waals surface area (Å²) in [6.45, 7) is 34.4. The van der Waals surface area contributed by atoms with Crippen molar-refractivity contribution in [1.29, 1.82) is 0 Å². The third-order valence-corrected chi connectivity index (χ3v) is 63.5. The third kappa shape index (κ3) is 4.78. The molecule has 0 bridgehead atoms. The van der Waals surface area contributed by atoms with E-state index in [9.17, 15) is 0 Å². The van der Waals surface area contributed by atoms with Gasteiger partial charge in [0.2, 0.25) is 0 Å². The molecule has 0 radical (unpaired) electrons. The monoisotopic (exact) mass is 526 g/mol. The number of allylic oxidation sites excluding steroid dienone is 6. The molecule has 29 heavy (non-hydrogen) atoms. The minimum atomic E-state index is -2.88. The summed E-state index contributed by atoms with van der Waals surface area (Å²) in [6, 6.07) is 0. The maximum absolute atomic E-state index is 7.68. The van der Waals surface area contributed by atoms with Crippen LogP contribution < -0.4 is 0 Å². The predicted molar refractivity (Wildman–Crippen MR) is 147 cm³/mol. The predicted octanol–water partition coefficient (Wildman–Crippen LogP) is 8.37. The van der Waals surface area contributed by atoms with Crippen molar-refractivity contribution in [3.05, 3.63) is 35.6 Å². The van der Waals surface area contributed by atoms with E-state index >= 15 is 0 Å². The van der Waals surface area contributed by atoms with Gasteiger partial charge in [-0.3, -0.25) is 0 Å². The molecule has 0 spiro atoms. The van der Waals surface area contributed by atoms with E-state index in [1.807, 2.05) is 0 Å². The van der Waals surface area contributed by atoms with E-state index in [0.29, 0.717) is 4.75 Å². The molecule has 2 rings (SSSR count). The number of hydrogen-bond acceptors (Lipinski definition) is 1. The molecule has 0 aromatic heterocycles. The summed E-state index contributed by atoms with van der Waals surface area (Å²) < 4.78 is 10.1. The van der Waals surface area contributed by atoms with E-state index in [2.05, 4.69) is 110 Å². The fourth-order valence-electron chi connectivity index (χ4n) is 7.76. The molecule has 6 heteroatoms. The van der Waals surface area contributed by atoms with E-state index < -0.39 is 45.9 Å². The Morgan fingerprint density at radius 1 is 0.759 bits per heavy atom. The van der Waals surface area contributed by atoms with Crippen LogP contribution in [-0.4, -0.2) is 45.9 Å². The van der Waals surface area contributed by atoms with Gasteiger partial charge >= 0.3 is 190 Å². The molecule has 1 atom stereocenters. The molecule has 0 amide bonds. The first-order chi connectivity index (χ1) is 12.9. The molecule has 1 nitrogen and oxygen atoms in total. The first-order valence-corrected chi connectivity index (χ1v) is 30.5. The molecule has 0 fully saturated rings. The molecule has 1 heterocycles. The SMILES string of the molecule is CCC1=C2C=CC=C[CH]2[Ge]([CH]([Si](C)(C)C)[Si](C)(C)C)([CH]([Si](C)(C)C)[Si](C)(C)C)[O]1. The van der Waals surface area contributed by atoms with Crippen LogP contribution >= 0.6 is 0 Å². The van der Waals surface area contributed by atoms with Crippen LogP contribution in [0.15, 0.2) is 35.6 Å². The summed E-state index contributed by atoms with van der Waals surface area (Å²) >= 11 is -2.88. The van der Waals surface area contributed by atoms with Gasteiger partial charge in [0.05, 0.1) is 0 Å². The fraction of sp³-hybridized carbons (Fsp3) is 0.739. The minimum absolute atomic E-state index is 0.627. The summed E-state index contributed by atoms with van der Waals surface area (Å²) in [6.07, 6.45) is 10.7. The van der Waals surface area contributed by atoms with E-state index in [0.717, 1.165) is 14.4 Å². The summed E-state index contributed by atoms with van der Waals surface area (Å²) in [5.41, 5.74) is 1.58. The molecule has 0 saturated carbocycles. The van der Waals surface area contributed by atoms with Crippen LogP contribution in [0.3, 0.4) is 0 Å². The first-order valence-electron chi connectivity index (χ1n) is 11.7. The van der Waals surface area contributed by atoms with E-state index in [-0.39, 0.29) is 0 Å². The van der Waals surface area contributed by atoms with Gasteiger partial charge in [-0.25, -0.2) is 0 Å². The fourth-order valence-corrected chi connectivity index (χ4v) is 86.8. The van der Waals surface area contributed by atoms with Gasteiger partial charge in [0.1, 0.15) is 0 Å². The van der Waals surface area contributed by atoms with Crippen LogP contribution in [0, 0.1) is 0 Å². The van der Waals surface area contributed by atoms with Crippen molar-refractivity contribution in [2.75, 3.05) is 0 Å². The van der Waals surface area contributed by atoms with Crippen molar-refractivity contribution in [2.45, 2.75) is 105 Å². The van der Waals surface area contributed by atoms with Gasteiger partial charge in [0, 0.05) is 0 Å². The van der Waals surface area contributed by atoms with Gasteiger partial charge in [-0.05, 0) is 0 Å². The number of fused-ring (bicyclic) bond motifs is 1. The zero-order valence-electron chi connectivity index (χ0n) is 21.7. The van der Waals surface area contributed by atoms with Crippen LogP contribution in [0.1, 0.15) is 13.3 Å². The van der Waals surface area contributed by atoms with Crippen molar-refractivity contribution < 1.29 is 3.76 Å². The quantitative estimate of drug-likeness (QED) is 0.304. The molecule has 0 N–H and O–H groups in total. The Labute approximate surface area is 189 Å². The van der Waals surface area contributed by atoms with Crippen LogP contribution in [-0.2, 0) is 3.76 Å². The van der Waals surface area contributed by atoms with Crippen LogP contribution in [0.2, 0.25) is 91.3 Å². The third-order valence-electron chi connectivity index (χ3n) is 6.82. The van der Waals surface area contributed by atoms with E-state index in [1.54, 1.807) is 5.57 Å². The molecule has 1 unspecified atom stereocenters. The second kappa shape index (κ2) is 8.09. The Morgan fingerprint density at radius 2 is 1.17 bits per heavy atom. The number of rotatable bonds is 7. The second-order valence-corrected chi connectivity index (χ2v) is 48.7. The summed E-state index contributed by atoms with van der Waals surface area (Å²) in [5, 5.41) is 0. The summed E-state index contributed by atoms with van der Waals surface area (Å²) in [7, 11) is -5.67. The Morgan fingerprint density at radius 3 is 1.52 bits per heavy atom. The van der Waals surface area contributed by atoms with Gasteiger partial charge in [-0.2, -0.15) is 0 Å². The molecule has 2 aliphatic rings. The van der Waals surface area contributed by atoms with E-state index in [4.69, 9.17) is 3.76 Å². The van der Waals surface area contributed by atoms with Crippen molar-refractivity contribution >= 4 is 45.9 Å². The van der Waals surface area contributed by atoms with Crippen molar-refractivity contribution in [1.82, 2.24) is 0 Å². The van der Waals surface area contributed by atoms with Gasteiger partial charge in [0.25, 0.3) is 0 Å².